The largest absolute Gasteiger partial charge is 0.312 e. The Morgan fingerprint density at radius 3 is 1.46 bits per heavy atom. The molecule has 0 saturated carbocycles. The maximum atomic E-state index is 2.52. The molecular weight excluding hydrogens is 935 g/mol. The molecule has 2 aliphatic carbocycles. The summed E-state index contributed by atoms with van der Waals surface area (Å²) in [5.74, 6) is 0.635. The van der Waals surface area contributed by atoms with Crippen molar-refractivity contribution in [1.82, 2.24) is 9.13 Å². The molecule has 76 heavy (non-hydrogen) atoms. The number of hydrogen-bond donors (Lipinski definition) is 0. The predicted molar refractivity (Wildman–Crippen MR) is 324 cm³/mol. The highest BCUT2D eigenvalue weighted by Crippen LogP contribution is 2.51. The van der Waals surface area contributed by atoms with Crippen LogP contribution in [0, 0.1) is 0 Å². The molecule has 360 valence electrons. The lowest BCUT2D eigenvalue weighted by atomic mass is 9.88. The van der Waals surface area contributed by atoms with Crippen LogP contribution >= 0.6 is 0 Å². The Morgan fingerprint density at radius 1 is 0.421 bits per heavy atom. The summed E-state index contributed by atoms with van der Waals surface area (Å²) < 4.78 is 4.95. The summed E-state index contributed by atoms with van der Waals surface area (Å²) in [4.78, 5) is 2.44. The number of nitrogens with zero attached hydrogens (tertiary/aromatic N) is 3. The minimum Gasteiger partial charge on any atom is -0.312 e. The first-order valence-electron chi connectivity index (χ1n) is 26.8. The highest BCUT2D eigenvalue weighted by molar-refractivity contribution is 7.19. The summed E-state index contributed by atoms with van der Waals surface area (Å²) >= 11 is 0. The van der Waals surface area contributed by atoms with Crippen LogP contribution in [0.5, 0.6) is 0 Å². The van der Waals surface area contributed by atoms with Crippen molar-refractivity contribution in [2.45, 2.75) is 24.7 Å². The summed E-state index contributed by atoms with van der Waals surface area (Å²) in [6.07, 6.45) is 16.0. The van der Waals surface area contributed by atoms with E-state index in [1.165, 1.54) is 98.0 Å². The maximum Gasteiger partial charge on any atom is 0.179 e. The molecule has 0 radical (unpaired) electrons. The van der Waals surface area contributed by atoms with Gasteiger partial charge in [0.05, 0.1) is 22.1 Å². The Hall–Kier alpha value is -9.22. The average molecular weight is 988 g/mol. The molecule has 0 fully saturated rings. The highest BCUT2D eigenvalue weighted by Gasteiger charge is 2.41. The lowest BCUT2D eigenvalue weighted by molar-refractivity contribution is 0.850. The highest BCUT2D eigenvalue weighted by atomic mass is 28.3. The molecule has 4 heteroatoms. The minimum atomic E-state index is -2.73. The van der Waals surface area contributed by atoms with Crippen molar-refractivity contribution in [2.75, 3.05) is 4.90 Å². The molecule has 3 heterocycles. The molecule has 3 nitrogen and oxygen atoms in total. The van der Waals surface area contributed by atoms with E-state index in [2.05, 4.69) is 299 Å². The fourth-order valence-electron chi connectivity index (χ4n) is 13.2. The van der Waals surface area contributed by atoms with Gasteiger partial charge in [0, 0.05) is 61.8 Å². The van der Waals surface area contributed by atoms with Gasteiger partial charge in [0.25, 0.3) is 0 Å². The van der Waals surface area contributed by atoms with Gasteiger partial charge in [-0.25, -0.2) is 0 Å². The SMILES string of the molecule is C1=CCC2C(=C1)n1c3ccccc3c3cc(-c4ccc(N(c5ccc(C6C=CC(n7c8ccccc8c8ccccc87)=CC6)cc5)c5ccc([Si](c6ccccc6)(c6ccccc6)c6ccccc6)cc5)cc4)cc2c31. The van der Waals surface area contributed by atoms with E-state index in [0.717, 1.165) is 29.9 Å². The Kier molecular flexibility index (Phi) is 10.5. The van der Waals surface area contributed by atoms with E-state index in [9.17, 15) is 0 Å². The lowest BCUT2D eigenvalue weighted by Crippen LogP contribution is -2.74. The smallest absolute Gasteiger partial charge is 0.179 e. The van der Waals surface area contributed by atoms with Gasteiger partial charge in [-0.05, 0) is 135 Å². The lowest BCUT2D eigenvalue weighted by Gasteiger charge is -2.35. The van der Waals surface area contributed by atoms with Gasteiger partial charge in [-0.1, -0.05) is 206 Å². The number of fused-ring (bicyclic) bond motifs is 9. The second-order valence-corrected chi connectivity index (χ2v) is 24.5. The van der Waals surface area contributed by atoms with E-state index in [4.69, 9.17) is 0 Å². The molecule has 12 aromatic rings. The second-order valence-electron chi connectivity index (χ2n) is 20.7. The van der Waals surface area contributed by atoms with Crippen LogP contribution in [-0.4, -0.2) is 17.2 Å². The van der Waals surface area contributed by atoms with Crippen molar-refractivity contribution in [2.24, 2.45) is 0 Å². The van der Waals surface area contributed by atoms with Crippen LogP contribution in [-0.2, 0) is 0 Å². The van der Waals surface area contributed by atoms with Gasteiger partial charge in [0.1, 0.15) is 0 Å². The zero-order valence-electron chi connectivity index (χ0n) is 42.0. The molecular formula is C72H53N3Si. The molecule has 0 bridgehead atoms. The van der Waals surface area contributed by atoms with Gasteiger partial charge < -0.3 is 14.0 Å². The van der Waals surface area contributed by atoms with Crippen LogP contribution < -0.4 is 25.6 Å². The van der Waals surface area contributed by atoms with Gasteiger partial charge >= 0.3 is 0 Å². The van der Waals surface area contributed by atoms with Crippen molar-refractivity contribution in [3.05, 3.63) is 296 Å². The first-order valence-corrected chi connectivity index (χ1v) is 28.8. The summed E-state index contributed by atoms with van der Waals surface area (Å²) in [6.45, 7) is 0. The Bertz CT molecular complexity index is 4160. The van der Waals surface area contributed by atoms with Crippen molar-refractivity contribution in [3.8, 4) is 11.1 Å². The van der Waals surface area contributed by atoms with Crippen LogP contribution in [0.25, 0.3) is 66.1 Å². The topological polar surface area (TPSA) is 13.1 Å². The third kappa shape index (κ3) is 6.94. The number of anilines is 3. The Balaban J connectivity index is 0.819. The molecule has 10 aromatic carbocycles. The molecule has 2 unspecified atom stereocenters. The van der Waals surface area contributed by atoms with E-state index in [1.54, 1.807) is 0 Å². The van der Waals surface area contributed by atoms with Crippen molar-refractivity contribution in [3.63, 3.8) is 0 Å². The van der Waals surface area contributed by atoms with Crippen LogP contribution in [0.15, 0.2) is 285 Å². The number of aromatic nitrogens is 2. The molecule has 0 spiro atoms. The normalized spacial score (nSPS) is 15.8. The van der Waals surface area contributed by atoms with E-state index in [0.29, 0.717) is 5.92 Å². The first kappa shape index (κ1) is 44.3. The van der Waals surface area contributed by atoms with Crippen LogP contribution in [0.1, 0.15) is 35.8 Å². The van der Waals surface area contributed by atoms with E-state index in [-0.39, 0.29) is 5.92 Å². The first-order chi connectivity index (χ1) is 37.7. The number of allylic oxidation sites excluding steroid dienone is 8. The molecule has 3 aliphatic rings. The number of para-hydroxylation sites is 3. The monoisotopic (exact) mass is 987 g/mol. The summed E-state index contributed by atoms with van der Waals surface area (Å²) in [5.41, 5.74) is 16.3. The summed E-state index contributed by atoms with van der Waals surface area (Å²) in [6, 6.07) is 93.1. The molecule has 2 atom stereocenters. The van der Waals surface area contributed by atoms with Crippen molar-refractivity contribution >= 4 is 101 Å². The molecule has 0 amide bonds. The quantitative estimate of drug-likeness (QED) is 0.0983. The average Bonchev–Trinajstić information content (AvgIpc) is 4.15. The standard InChI is InChI=1S/C72H53N3Si/c1-4-18-58(19-5-1)76(59-20-6-2-7-21-59,60-22-8-3-9-23-60)61-46-44-56(45-47-61)73(54-38-32-50(33-39-54)51-34-42-57(43-35-51)74-68-28-14-10-24-62(68)63-25-11-15-29-69(63)74)55-40-36-52(37-41-55)53-48-66-64-26-12-16-30-70(64)75-71-31-17-13-27-65(71)67(49-53)72(66)75/h1-26,28-34,36-49,51,65H,27,35H2. The third-order valence-corrected chi connectivity index (χ3v) is 21.5. The number of rotatable bonds is 10. The fraction of sp³-hybridized carbons (Fsp3) is 0.0556. The molecule has 0 saturated heterocycles. The van der Waals surface area contributed by atoms with Crippen molar-refractivity contribution in [1.29, 1.82) is 0 Å². The van der Waals surface area contributed by atoms with E-state index < -0.39 is 8.07 Å². The van der Waals surface area contributed by atoms with Crippen LogP contribution in [0.4, 0.5) is 17.1 Å². The maximum absolute atomic E-state index is 2.73. The van der Waals surface area contributed by atoms with Gasteiger partial charge in [0.15, 0.2) is 8.07 Å². The number of benzene rings is 10. The summed E-state index contributed by atoms with van der Waals surface area (Å²) in [7, 11) is -2.73. The molecule has 1 aliphatic heterocycles. The molecule has 15 rings (SSSR count). The van der Waals surface area contributed by atoms with Gasteiger partial charge in [-0.3, -0.25) is 0 Å². The zero-order valence-corrected chi connectivity index (χ0v) is 43.0. The second kappa shape index (κ2) is 18.0. The van der Waals surface area contributed by atoms with Crippen molar-refractivity contribution < 1.29 is 0 Å². The van der Waals surface area contributed by atoms with Crippen LogP contribution in [0.3, 0.4) is 0 Å². The summed E-state index contributed by atoms with van der Waals surface area (Å²) in [5, 5.41) is 10.7. The fourth-order valence-corrected chi connectivity index (χ4v) is 18.0. The Morgan fingerprint density at radius 2 is 0.908 bits per heavy atom. The molecule has 2 aromatic heterocycles. The van der Waals surface area contributed by atoms with Gasteiger partial charge in [0.2, 0.25) is 0 Å². The Labute approximate surface area is 444 Å². The van der Waals surface area contributed by atoms with Gasteiger partial charge in [-0.15, -0.1) is 0 Å². The van der Waals surface area contributed by atoms with Gasteiger partial charge in [-0.2, -0.15) is 0 Å². The minimum absolute atomic E-state index is 0.272. The van der Waals surface area contributed by atoms with E-state index in [1.807, 2.05) is 0 Å². The van der Waals surface area contributed by atoms with E-state index >= 15 is 0 Å². The molecule has 0 N–H and O–H groups in total. The number of hydrogen-bond acceptors (Lipinski definition) is 1. The third-order valence-electron chi connectivity index (χ3n) is 16.7. The predicted octanol–water partition coefficient (Wildman–Crippen LogP) is 15.9. The van der Waals surface area contributed by atoms with Crippen LogP contribution in [0.2, 0.25) is 0 Å². The zero-order chi connectivity index (χ0) is 50.2.